The molecule has 5 nitrogen and oxygen atoms in total. The zero-order valence-corrected chi connectivity index (χ0v) is 17.9. The van der Waals surface area contributed by atoms with Crippen LogP contribution in [0.4, 0.5) is 0 Å². The van der Waals surface area contributed by atoms with Crippen LogP contribution in [0, 0.1) is 3.57 Å². The molecule has 0 radical (unpaired) electrons. The van der Waals surface area contributed by atoms with Crippen LogP contribution in [0.5, 0.6) is 11.5 Å². The molecule has 1 spiro atoms. The Hall–Kier alpha value is -1.88. The second kappa shape index (κ2) is 5.81. The lowest BCUT2D eigenvalue weighted by Crippen LogP contribution is -2.38. The fourth-order valence-corrected chi connectivity index (χ4v) is 5.01. The van der Waals surface area contributed by atoms with Crippen LogP contribution < -0.4 is 4.74 Å². The minimum atomic E-state index is -1.19. The minimum Gasteiger partial charge on any atom is -0.507 e. The molecule has 0 amide bonds. The quantitative estimate of drug-likeness (QED) is 0.369. The van der Waals surface area contributed by atoms with Gasteiger partial charge in [-0.15, -0.1) is 0 Å². The zero-order chi connectivity index (χ0) is 18.9. The number of rotatable bonds is 0. The maximum atomic E-state index is 12.7. The van der Waals surface area contributed by atoms with Crippen molar-refractivity contribution in [1.82, 2.24) is 0 Å². The standard InChI is InChI=1S/C20H10I2O5/c21-15-13(23)7-5-11-17(15)26-18-12(6-8-14(24)16(18)22)20(11)10-4-2-1-3-9(10)19(25)27-20/h1-7,23H,8H2. The lowest BCUT2D eigenvalue weighted by atomic mass is 9.75. The molecular weight excluding hydrogens is 574 g/mol. The van der Waals surface area contributed by atoms with Gasteiger partial charge in [0.05, 0.1) is 12.7 Å². The number of allylic oxidation sites excluding steroid dienone is 2. The third-order valence-corrected chi connectivity index (χ3v) is 7.13. The van der Waals surface area contributed by atoms with E-state index >= 15 is 0 Å². The molecular formula is C20H10I2O5. The average Bonchev–Trinajstić information content (AvgIpc) is 2.96. The molecule has 2 aliphatic heterocycles. The number of hydrogen-bond acceptors (Lipinski definition) is 5. The summed E-state index contributed by atoms with van der Waals surface area (Å²) in [6.45, 7) is 0. The van der Waals surface area contributed by atoms with E-state index in [0.717, 1.165) is 0 Å². The molecule has 134 valence electrons. The van der Waals surface area contributed by atoms with Crippen LogP contribution in [-0.2, 0) is 15.1 Å². The van der Waals surface area contributed by atoms with E-state index < -0.39 is 11.6 Å². The van der Waals surface area contributed by atoms with Crippen LogP contribution in [0.15, 0.2) is 57.4 Å². The number of phenolic OH excluding ortho intramolecular Hbond substituents is 1. The Morgan fingerprint density at radius 2 is 1.81 bits per heavy atom. The Labute approximate surface area is 181 Å². The molecule has 1 aliphatic carbocycles. The van der Waals surface area contributed by atoms with Gasteiger partial charge >= 0.3 is 5.97 Å². The van der Waals surface area contributed by atoms with Gasteiger partial charge in [0.2, 0.25) is 0 Å². The molecule has 1 atom stereocenters. The highest BCUT2D eigenvalue weighted by atomic mass is 127. The van der Waals surface area contributed by atoms with Gasteiger partial charge in [-0.2, -0.15) is 0 Å². The minimum absolute atomic E-state index is 0.0549. The highest BCUT2D eigenvalue weighted by Gasteiger charge is 2.56. The topological polar surface area (TPSA) is 72.8 Å². The summed E-state index contributed by atoms with van der Waals surface area (Å²) in [5.74, 6) is 0.366. The highest BCUT2D eigenvalue weighted by molar-refractivity contribution is 14.1. The molecule has 2 heterocycles. The van der Waals surface area contributed by atoms with Crippen molar-refractivity contribution in [3.05, 3.63) is 77.6 Å². The molecule has 0 fully saturated rings. The summed E-state index contributed by atoms with van der Waals surface area (Å²) >= 11 is 3.96. The number of phenols is 1. The SMILES string of the molecule is O=C1CC=C2C(=C1I)Oc1c(ccc(O)c1I)C21OC(=O)c2ccccc21. The van der Waals surface area contributed by atoms with Crippen molar-refractivity contribution in [3.63, 3.8) is 0 Å². The lowest BCUT2D eigenvalue weighted by Gasteiger charge is -2.40. The lowest BCUT2D eigenvalue weighted by molar-refractivity contribution is -0.114. The number of ether oxygens (including phenoxy) is 2. The molecule has 0 saturated heterocycles. The number of halogens is 2. The fraction of sp³-hybridized carbons (Fsp3) is 0.100. The van der Waals surface area contributed by atoms with Crippen molar-refractivity contribution in [2.24, 2.45) is 0 Å². The van der Waals surface area contributed by atoms with Gasteiger partial charge in [-0.1, -0.05) is 24.3 Å². The van der Waals surface area contributed by atoms with Gasteiger partial charge < -0.3 is 14.6 Å². The smallest absolute Gasteiger partial charge is 0.340 e. The van der Waals surface area contributed by atoms with Crippen LogP contribution >= 0.6 is 45.2 Å². The number of hydrogen-bond donors (Lipinski definition) is 1. The van der Waals surface area contributed by atoms with E-state index in [2.05, 4.69) is 0 Å². The largest absolute Gasteiger partial charge is 0.507 e. The van der Waals surface area contributed by atoms with Crippen LogP contribution in [0.2, 0.25) is 0 Å². The van der Waals surface area contributed by atoms with Crippen molar-refractivity contribution < 1.29 is 24.2 Å². The van der Waals surface area contributed by atoms with E-state index in [9.17, 15) is 14.7 Å². The first kappa shape index (κ1) is 17.2. The van der Waals surface area contributed by atoms with Crippen molar-refractivity contribution in [2.75, 3.05) is 0 Å². The highest BCUT2D eigenvalue weighted by Crippen LogP contribution is 2.58. The van der Waals surface area contributed by atoms with Crippen LogP contribution in [0.1, 0.15) is 27.9 Å². The van der Waals surface area contributed by atoms with Gasteiger partial charge in [0, 0.05) is 23.1 Å². The first-order valence-corrected chi connectivity index (χ1v) is 10.3. The Morgan fingerprint density at radius 1 is 1.04 bits per heavy atom. The van der Waals surface area contributed by atoms with Gasteiger partial charge in [-0.05, 0) is 63.4 Å². The summed E-state index contributed by atoms with van der Waals surface area (Å²) in [5.41, 5.74) is 1.29. The van der Waals surface area contributed by atoms with E-state index in [-0.39, 0.29) is 18.0 Å². The number of Topliss-reactive ketones (excluding diaryl/α,β-unsaturated/α-hetero) is 1. The summed E-state index contributed by atoms with van der Waals surface area (Å²) < 4.78 is 13.1. The number of esters is 1. The van der Waals surface area contributed by atoms with E-state index in [4.69, 9.17) is 9.47 Å². The summed E-state index contributed by atoms with van der Waals surface area (Å²) in [4.78, 5) is 25.0. The Morgan fingerprint density at radius 3 is 2.63 bits per heavy atom. The van der Waals surface area contributed by atoms with Gasteiger partial charge in [0.15, 0.2) is 22.9 Å². The molecule has 5 rings (SSSR count). The molecule has 1 unspecified atom stereocenters. The number of aromatic hydroxyl groups is 1. The number of carbonyl (C=O) groups excluding carboxylic acids is 2. The predicted molar refractivity (Wildman–Crippen MR) is 113 cm³/mol. The third-order valence-electron chi connectivity index (χ3n) is 4.99. The average molecular weight is 584 g/mol. The molecule has 0 aromatic heterocycles. The van der Waals surface area contributed by atoms with E-state index in [1.165, 1.54) is 0 Å². The molecule has 2 aromatic carbocycles. The van der Waals surface area contributed by atoms with Crippen LogP contribution in [0.3, 0.4) is 0 Å². The molecule has 2 aromatic rings. The normalized spacial score (nSPS) is 22.7. The molecule has 7 heteroatoms. The van der Waals surface area contributed by atoms with Crippen molar-refractivity contribution in [3.8, 4) is 11.5 Å². The number of carbonyl (C=O) groups is 2. The Kier molecular flexibility index (Phi) is 3.71. The Balaban J connectivity index is 1.93. The molecule has 1 N–H and O–H groups in total. The molecule has 0 bridgehead atoms. The number of ketones is 1. The van der Waals surface area contributed by atoms with Crippen molar-refractivity contribution in [1.29, 1.82) is 0 Å². The number of fused-ring (bicyclic) bond motifs is 6. The molecule has 27 heavy (non-hydrogen) atoms. The second-order valence-electron chi connectivity index (χ2n) is 6.38. The van der Waals surface area contributed by atoms with Gasteiger partial charge in [0.25, 0.3) is 0 Å². The molecule has 0 saturated carbocycles. The Bertz CT molecular complexity index is 1130. The first-order valence-electron chi connectivity index (χ1n) is 8.11. The van der Waals surface area contributed by atoms with Crippen molar-refractivity contribution in [2.45, 2.75) is 12.0 Å². The van der Waals surface area contributed by atoms with Crippen LogP contribution in [0.25, 0.3) is 0 Å². The predicted octanol–water partition coefficient (Wildman–Crippen LogP) is 4.35. The van der Waals surface area contributed by atoms with Gasteiger partial charge in [-0.3, -0.25) is 4.79 Å². The first-order chi connectivity index (χ1) is 12.9. The zero-order valence-electron chi connectivity index (χ0n) is 13.6. The summed E-state index contributed by atoms with van der Waals surface area (Å²) in [7, 11) is 0. The third kappa shape index (κ3) is 2.15. The van der Waals surface area contributed by atoms with Crippen LogP contribution in [-0.4, -0.2) is 16.9 Å². The monoisotopic (exact) mass is 584 g/mol. The van der Waals surface area contributed by atoms with Crippen molar-refractivity contribution >= 4 is 56.9 Å². The summed E-state index contributed by atoms with van der Waals surface area (Å²) in [6, 6.07) is 10.5. The van der Waals surface area contributed by atoms with E-state index in [1.807, 2.05) is 57.3 Å². The number of benzene rings is 2. The fourth-order valence-electron chi connectivity index (χ4n) is 3.81. The second-order valence-corrected chi connectivity index (χ2v) is 8.54. The van der Waals surface area contributed by atoms with E-state index in [1.54, 1.807) is 30.3 Å². The summed E-state index contributed by atoms with van der Waals surface area (Å²) in [6.07, 6.45) is 1.99. The van der Waals surface area contributed by atoms with Gasteiger partial charge in [-0.25, -0.2) is 4.79 Å². The summed E-state index contributed by atoms with van der Waals surface area (Å²) in [5, 5.41) is 10.2. The van der Waals surface area contributed by atoms with E-state index in [0.29, 0.717) is 40.9 Å². The maximum Gasteiger partial charge on any atom is 0.340 e. The van der Waals surface area contributed by atoms with Gasteiger partial charge in [0.1, 0.15) is 5.75 Å². The molecule has 3 aliphatic rings. The maximum absolute atomic E-state index is 12.7.